The molecule has 0 unspecified atom stereocenters. The lowest BCUT2D eigenvalue weighted by atomic mass is 10.0. The lowest BCUT2D eigenvalue weighted by Gasteiger charge is -2.29. The summed E-state index contributed by atoms with van der Waals surface area (Å²) in [4.78, 5) is 2.46. The Bertz CT molecular complexity index is 346. The summed E-state index contributed by atoms with van der Waals surface area (Å²) in [5, 5.41) is 0. The highest BCUT2D eigenvalue weighted by Gasteiger charge is 2.14. The largest absolute Gasteiger partial charge is 0.328 e. The van der Waals surface area contributed by atoms with Gasteiger partial charge in [0.25, 0.3) is 0 Å². The number of halogens is 1. The van der Waals surface area contributed by atoms with Gasteiger partial charge in [0, 0.05) is 6.04 Å². The molecule has 3 heteroatoms. The summed E-state index contributed by atoms with van der Waals surface area (Å²) in [6.45, 7) is 3.33. The van der Waals surface area contributed by atoms with Crippen molar-refractivity contribution in [2.45, 2.75) is 31.7 Å². The van der Waals surface area contributed by atoms with Gasteiger partial charge in [0.05, 0.1) is 0 Å². The molecule has 1 saturated heterocycles. The number of rotatable bonds is 4. The molecule has 2 nitrogen and oxygen atoms in total. The summed E-state index contributed by atoms with van der Waals surface area (Å²) >= 11 is 0. The van der Waals surface area contributed by atoms with Crippen LogP contribution in [-0.2, 0) is 6.42 Å². The van der Waals surface area contributed by atoms with Crippen LogP contribution in [0.25, 0.3) is 0 Å². The first kappa shape index (κ1) is 12.5. The Labute approximate surface area is 103 Å². The molecule has 1 fully saturated rings. The van der Waals surface area contributed by atoms with E-state index >= 15 is 0 Å². The molecule has 0 amide bonds. The predicted molar refractivity (Wildman–Crippen MR) is 68.4 cm³/mol. The summed E-state index contributed by atoms with van der Waals surface area (Å²) in [6, 6.07) is 7.30. The van der Waals surface area contributed by atoms with E-state index in [9.17, 15) is 4.39 Å². The molecule has 94 valence electrons. The van der Waals surface area contributed by atoms with E-state index in [1.165, 1.54) is 6.07 Å². The number of nitrogens with zero attached hydrogens (tertiary/aromatic N) is 1. The fourth-order valence-corrected chi connectivity index (χ4v) is 2.38. The fourth-order valence-electron chi connectivity index (χ4n) is 2.38. The van der Waals surface area contributed by atoms with E-state index in [-0.39, 0.29) is 5.82 Å². The summed E-state index contributed by atoms with van der Waals surface area (Å²) in [6.07, 6.45) is 4.28. The van der Waals surface area contributed by atoms with Gasteiger partial charge in [-0.2, -0.15) is 0 Å². The molecule has 0 aliphatic carbocycles. The number of likely N-dealkylation sites (tertiary alicyclic amines) is 1. The Hall–Kier alpha value is -0.930. The number of hydrogen-bond donors (Lipinski definition) is 1. The molecule has 1 aliphatic rings. The molecule has 0 bridgehead atoms. The quantitative estimate of drug-likeness (QED) is 0.868. The van der Waals surface area contributed by atoms with E-state index in [0.29, 0.717) is 6.04 Å². The van der Waals surface area contributed by atoms with Gasteiger partial charge in [-0.15, -0.1) is 0 Å². The zero-order chi connectivity index (χ0) is 12.1. The molecule has 1 aromatic carbocycles. The van der Waals surface area contributed by atoms with Crippen LogP contribution in [0.3, 0.4) is 0 Å². The van der Waals surface area contributed by atoms with Gasteiger partial charge in [0.2, 0.25) is 0 Å². The number of aryl methyl sites for hydroxylation is 1. The van der Waals surface area contributed by atoms with Crippen molar-refractivity contribution >= 4 is 0 Å². The molecule has 1 aromatic rings. The van der Waals surface area contributed by atoms with Gasteiger partial charge in [-0.3, -0.25) is 0 Å². The third kappa shape index (κ3) is 4.10. The van der Waals surface area contributed by atoms with Gasteiger partial charge in [-0.1, -0.05) is 12.1 Å². The fraction of sp³-hybridized carbons (Fsp3) is 0.571. The van der Waals surface area contributed by atoms with Crippen molar-refractivity contribution in [3.05, 3.63) is 35.6 Å². The second-order valence-corrected chi connectivity index (χ2v) is 4.91. The van der Waals surface area contributed by atoms with Gasteiger partial charge in [-0.05, 0) is 63.0 Å². The summed E-state index contributed by atoms with van der Waals surface area (Å²) in [5.74, 6) is -0.133. The van der Waals surface area contributed by atoms with Crippen molar-refractivity contribution in [1.29, 1.82) is 0 Å². The monoisotopic (exact) mass is 236 g/mol. The predicted octanol–water partition coefficient (Wildman–Crippen LogP) is 2.18. The van der Waals surface area contributed by atoms with Crippen LogP contribution in [0, 0.1) is 5.82 Å². The highest BCUT2D eigenvalue weighted by molar-refractivity contribution is 5.16. The minimum absolute atomic E-state index is 0.133. The number of piperidine rings is 1. The summed E-state index contributed by atoms with van der Waals surface area (Å²) in [5.41, 5.74) is 6.96. The van der Waals surface area contributed by atoms with Gasteiger partial charge in [0.15, 0.2) is 0 Å². The minimum Gasteiger partial charge on any atom is -0.328 e. The Morgan fingerprint density at radius 3 is 2.76 bits per heavy atom. The Morgan fingerprint density at radius 2 is 2.06 bits per heavy atom. The molecule has 17 heavy (non-hydrogen) atoms. The molecule has 0 radical (unpaired) electrons. The van der Waals surface area contributed by atoms with Crippen LogP contribution in [0.5, 0.6) is 0 Å². The van der Waals surface area contributed by atoms with E-state index < -0.39 is 0 Å². The van der Waals surface area contributed by atoms with E-state index in [4.69, 9.17) is 5.73 Å². The topological polar surface area (TPSA) is 29.3 Å². The molecule has 0 saturated carbocycles. The molecule has 1 heterocycles. The van der Waals surface area contributed by atoms with Crippen molar-refractivity contribution in [2.75, 3.05) is 19.6 Å². The van der Waals surface area contributed by atoms with E-state index in [0.717, 1.165) is 50.9 Å². The molecular formula is C14H21FN2. The highest BCUT2D eigenvalue weighted by atomic mass is 19.1. The molecule has 0 aromatic heterocycles. The highest BCUT2D eigenvalue weighted by Crippen LogP contribution is 2.10. The zero-order valence-electron chi connectivity index (χ0n) is 10.2. The lowest BCUT2D eigenvalue weighted by molar-refractivity contribution is 0.211. The molecule has 0 spiro atoms. The van der Waals surface area contributed by atoms with E-state index in [1.54, 1.807) is 12.1 Å². The van der Waals surface area contributed by atoms with Crippen LogP contribution in [0.4, 0.5) is 4.39 Å². The summed E-state index contributed by atoms with van der Waals surface area (Å²) in [7, 11) is 0. The van der Waals surface area contributed by atoms with Crippen molar-refractivity contribution in [3.8, 4) is 0 Å². The average molecular weight is 236 g/mol. The Balaban J connectivity index is 1.69. The first-order chi connectivity index (χ1) is 8.24. The zero-order valence-corrected chi connectivity index (χ0v) is 10.2. The maximum atomic E-state index is 13.0. The van der Waals surface area contributed by atoms with Crippen LogP contribution < -0.4 is 5.73 Å². The van der Waals surface area contributed by atoms with Crippen molar-refractivity contribution in [3.63, 3.8) is 0 Å². The van der Waals surface area contributed by atoms with E-state index in [2.05, 4.69) is 4.90 Å². The average Bonchev–Trinajstić information content (AvgIpc) is 2.32. The van der Waals surface area contributed by atoms with Gasteiger partial charge >= 0.3 is 0 Å². The van der Waals surface area contributed by atoms with Crippen LogP contribution in [-0.4, -0.2) is 30.6 Å². The standard InChI is InChI=1S/C14H21FN2/c15-13-5-1-3-12(11-13)4-2-8-17-9-6-14(16)7-10-17/h1,3,5,11,14H,2,4,6-10,16H2. The van der Waals surface area contributed by atoms with Gasteiger partial charge < -0.3 is 10.6 Å². The SMILES string of the molecule is NC1CCN(CCCc2cccc(F)c2)CC1. The summed E-state index contributed by atoms with van der Waals surface area (Å²) < 4.78 is 13.0. The lowest BCUT2D eigenvalue weighted by Crippen LogP contribution is -2.40. The first-order valence-corrected chi connectivity index (χ1v) is 6.46. The molecule has 2 N–H and O–H groups in total. The van der Waals surface area contributed by atoms with Crippen LogP contribution in [0.15, 0.2) is 24.3 Å². The van der Waals surface area contributed by atoms with Gasteiger partial charge in [-0.25, -0.2) is 4.39 Å². The number of benzene rings is 1. The first-order valence-electron chi connectivity index (χ1n) is 6.46. The van der Waals surface area contributed by atoms with Crippen molar-refractivity contribution in [2.24, 2.45) is 5.73 Å². The third-order valence-electron chi connectivity index (χ3n) is 3.46. The second kappa shape index (κ2) is 6.12. The number of hydrogen-bond acceptors (Lipinski definition) is 2. The molecule has 0 atom stereocenters. The molecular weight excluding hydrogens is 215 g/mol. The smallest absolute Gasteiger partial charge is 0.123 e. The Kier molecular flexibility index (Phi) is 4.51. The normalized spacial score (nSPS) is 18.5. The van der Waals surface area contributed by atoms with Crippen LogP contribution >= 0.6 is 0 Å². The molecule has 2 rings (SSSR count). The van der Waals surface area contributed by atoms with Crippen LogP contribution in [0.1, 0.15) is 24.8 Å². The maximum absolute atomic E-state index is 13.0. The molecule has 1 aliphatic heterocycles. The maximum Gasteiger partial charge on any atom is 0.123 e. The third-order valence-corrected chi connectivity index (χ3v) is 3.46. The Morgan fingerprint density at radius 1 is 1.29 bits per heavy atom. The number of nitrogens with two attached hydrogens (primary N) is 1. The minimum atomic E-state index is -0.133. The van der Waals surface area contributed by atoms with Crippen LogP contribution in [0.2, 0.25) is 0 Å². The van der Waals surface area contributed by atoms with Crippen molar-refractivity contribution in [1.82, 2.24) is 4.90 Å². The van der Waals surface area contributed by atoms with Gasteiger partial charge in [0.1, 0.15) is 5.82 Å². The second-order valence-electron chi connectivity index (χ2n) is 4.91. The van der Waals surface area contributed by atoms with Crippen molar-refractivity contribution < 1.29 is 4.39 Å². The van der Waals surface area contributed by atoms with E-state index in [1.807, 2.05) is 6.07 Å².